The van der Waals surface area contributed by atoms with E-state index in [0.29, 0.717) is 40.1 Å². The number of rotatable bonds is 6. The highest BCUT2D eigenvalue weighted by Gasteiger charge is 2.13. The van der Waals surface area contributed by atoms with Crippen molar-refractivity contribution in [2.45, 2.75) is 6.92 Å². The van der Waals surface area contributed by atoms with Gasteiger partial charge in [-0.3, -0.25) is 4.79 Å². The van der Waals surface area contributed by atoms with Crippen molar-refractivity contribution in [1.29, 1.82) is 5.26 Å². The molecule has 2 aromatic carbocycles. The van der Waals surface area contributed by atoms with E-state index in [9.17, 15) is 4.79 Å². The summed E-state index contributed by atoms with van der Waals surface area (Å²) < 4.78 is 10.5. The number of ether oxygens (including phenoxy) is 2. The highest BCUT2D eigenvalue weighted by atomic mass is 16.5. The first-order valence-electron chi connectivity index (χ1n) is 8.68. The molecule has 1 amide bonds. The van der Waals surface area contributed by atoms with Gasteiger partial charge in [-0.15, -0.1) is 0 Å². The van der Waals surface area contributed by atoms with Crippen molar-refractivity contribution in [3.05, 3.63) is 65.6 Å². The molecule has 8 heteroatoms. The fraction of sp³-hybridized carbons (Fsp3) is 0.143. The number of hydrogen-bond donors (Lipinski definition) is 2. The quantitative estimate of drug-likeness (QED) is 0.662. The third kappa shape index (κ3) is 4.78. The molecule has 0 saturated heterocycles. The molecule has 0 aliphatic heterocycles. The van der Waals surface area contributed by atoms with Gasteiger partial charge in [-0.25, -0.2) is 9.97 Å². The molecule has 8 nitrogen and oxygen atoms in total. The molecule has 0 bridgehead atoms. The topological polar surface area (TPSA) is 109 Å². The molecular formula is C21H19N5O3. The first kappa shape index (κ1) is 19.6. The Bertz CT molecular complexity index is 1090. The molecule has 0 fully saturated rings. The van der Waals surface area contributed by atoms with E-state index in [-0.39, 0.29) is 5.69 Å². The Kier molecular flexibility index (Phi) is 5.90. The predicted molar refractivity (Wildman–Crippen MR) is 109 cm³/mol. The van der Waals surface area contributed by atoms with Crippen LogP contribution in [0.1, 0.15) is 21.9 Å². The number of anilines is 3. The van der Waals surface area contributed by atoms with E-state index in [1.807, 2.05) is 6.07 Å². The van der Waals surface area contributed by atoms with Gasteiger partial charge in [0, 0.05) is 23.5 Å². The molecule has 3 aromatic rings. The number of carbonyl (C=O) groups excluding carboxylic acids is 1. The molecule has 0 radical (unpaired) electrons. The maximum Gasteiger partial charge on any atom is 0.274 e. The highest BCUT2D eigenvalue weighted by molar-refractivity contribution is 6.03. The van der Waals surface area contributed by atoms with Gasteiger partial charge in [0.15, 0.2) is 11.5 Å². The third-order valence-electron chi connectivity index (χ3n) is 3.98. The maximum absolute atomic E-state index is 12.7. The number of nitriles is 1. The first-order valence-corrected chi connectivity index (χ1v) is 8.68. The number of methoxy groups -OCH3 is 2. The Morgan fingerprint density at radius 3 is 2.52 bits per heavy atom. The van der Waals surface area contributed by atoms with Crippen molar-refractivity contribution >= 4 is 23.1 Å². The smallest absolute Gasteiger partial charge is 0.274 e. The fourth-order valence-electron chi connectivity index (χ4n) is 2.67. The number of hydrogen-bond acceptors (Lipinski definition) is 7. The summed E-state index contributed by atoms with van der Waals surface area (Å²) in [5.41, 5.74) is 1.95. The summed E-state index contributed by atoms with van der Waals surface area (Å²) in [5, 5.41) is 14.9. The second-order valence-electron chi connectivity index (χ2n) is 6.03. The molecule has 146 valence electrons. The van der Waals surface area contributed by atoms with Crippen LogP contribution in [0.5, 0.6) is 11.5 Å². The van der Waals surface area contributed by atoms with Crippen molar-refractivity contribution < 1.29 is 14.3 Å². The second-order valence-corrected chi connectivity index (χ2v) is 6.03. The molecule has 0 spiro atoms. The van der Waals surface area contributed by atoms with Crippen molar-refractivity contribution in [3.63, 3.8) is 0 Å². The average molecular weight is 389 g/mol. The van der Waals surface area contributed by atoms with Crippen LogP contribution in [0.25, 0.3) is 0 Å². The second kappa shape index (κ2) is 8.71. The molecule has 0 saturated carbocycles. The minimum Gasteiger partial charge on any atom is -0.493 e. The normalized spacial score (nSPS) is 10.0. The van der Waals surface area contributed by atoms with Gasteiger partial charge < -0.3 is 20.1 Å². The van der Waals surface area contributed by atoms with Gasteiger partial charge in [0.25, 0.3) is 5.91 Å². The lowest BCUT2D eigenvalue weighted by Crippen LogP contribution is -2.15. The molecule has 1 heterocycles. The standard InChI is InChI=1S/C21H19N5O3/c1-13-23-17(11-20(24-13)25-15-6-4-5-14(9-15)12-22)21(27)26-16-7-8-18(28-2)19(10-16)29-3/h4-11H,1-3H3,(H,26,27)(H,23,24,25). The van der Waals surface area contributed by atoms with Crippen LogP contribution < -0.4 is 20.1 Å². The number of aryl methyl sites for hydroxylation is 1. The molecular weight excluding hydrogens is 370 g/mol. The largest absolute Gasteiger partial charge is 0.493 e. The zero-order valence-corrected chi connectivity index (χ0v) is 16.2. The third-order valence-corrected chi connectivity index (χ3v) is 3.98. The molecule has 0 aliphatic carbocycles. The maximum atomic E-state index is 12.7. The summed E-state index contributed by atoms with van der Waals surface area (Å²) in [4.78, 5) is 21.2. The van der Waals surface area contributed by atoms with E-state index in [1.54, 1.807) is 56.5 Å². The Morgan fingerprint density at radius 1 is 1.00 bits per heavy atom. The van der Waals surface area contributed by atoms with E-state index >= 15 is 0 Å². The molecule has 0 aliphatic rings. The number of nitrogens with one attached hydrogen (secondary N) is 2. The van der Waals surface area contributed by atoms with Crippen LogP contribution in [-0.4, -0.2) is 30.1 Å². The molecule has 1 aromatic heterocycles. The van der Waals surface area contributed by atoms with E-state index in [1.165, 1.54) is 7.11 Å². The van der Waals surface area contributed by atoms with Crippen molar-refractivity contribution in [1.82, 2.24) is 9.97 Å². The van der Waals surface area contributed by atoms with Crippen molar-refractivity contribution in [2.75, 3.05) is 24.9 Å². The molecule has 0 unspecified atom stereocenters. The van der Waals surface area contributed by atoms with E-state index in [2.05, 4.69) is 26.7 Å². The van der Waals surface area contributed by atoms with Gasteiger partial charge in [-0.05, 0) is 37.3 Å². The Labute approximate surface area is 168 Å². The van der Waals surface area contributed by atoms with Crippen LogP contribution in [0.15, 0.2) is 48.5 Å². The lowest BCUT2D eigenvalue weighted by Gasteiger charge is -2.11. The van der Waals surface area contributed by atoms with Gasteiger partial charge >= 0.3 is 0 Å². The van der Waals surface area contributed by atoms with Crippen LogP contribution >= 0.6 is 0 Å². The minimum atomic E-state index is -0.392. The first-order chi connectivity index (χ1) is 14.0. The van der Waals surface area contributed by atoms with Gasteiger partial charge in [0.05, 0.1) is 25.9 Å². The molecule has 0 atom stereocenters. The SMILES string of the molecule is COc1ccc(NC(=O)c2cc(Nc3cccc(C#N)c3)nc(C)n2)cc1OC. The Balaban J connectivity index is 1.81. The van der Waals surface area contributed by atoms with Crippen LogP contribution in [0.4, 0.5) is 17.2 Å². The molecule has 2 N–H and O–H groups in total. The lowest BCUT2D eigenvalue weighted by atomic mass is 10.2. The number of aromatic nitrogens is 2. The highest BCUT2D eigenvalue weighted by Crippen LogP contribution is 2.30. The summed E-state index contributed by atoms with van der Waals surface area (Å²) in [6, 6.07) is 15.7. The van der Waals surface area contributed by atoms with Gasteiger partial charge in [-0.2, -0.15) is 5.26 Å². The lowest BCUT2D eigenvalue weighted by molar-refractivity contribution is 0.102. The van der Waals surface area contributed by atoms with Gasteiger partial charge in [0.2, 0.25) is 0 Å². The summed E-state index contributed by atoms with van der Waals surface area (Å²) in [5.74, 6) is 1.56. The van der Waals surface area contributed by atoms with E-state index in [4.69, 9.17) is 14.7 Å². The molecule has 3 rings (SSSR count). The predicted octanol–water partition coefficient (Wildman–Crippen LogP) is 3.67. The molecule has 29 heavy (non-hydrogen) atoms. The van der Waals surface area contributed by atoms with Crippen molar-refractivity contribution in [3.8, 4) is 17.6 Å². The van der Waals surface area contributed by atoms with Crippen molar-refractivity contribution in [2.24, 2.45) is 0 Å². The summed E-state index contributed by atoms with van der Waals surface area (Å²) in [6.45, 7) is 1.70. The Morgan fingerprint density at radius 2 is 1.79 bits per heavy atom. The minimum absolute atomic E-state index is 0.200. The zero-order valence-electron chi connectivity index (χ0n) is 16.2. The monoisotopic (exact) mass is 389 g/mol. The van der Waals surface area contributed by atoms with E-state index in [0.717, 1.165) is 0 Å². The number of benzene rings is 2. The number of nitrogens with zero attached hydrogens (tertiary/aromatic N) is 3. The van der Waals surface area contributed by atoms with Crippen LogP contribution in [0.3, 0.4) is 0 Å². The van der Waals surface area contributed by atoms with Crippen LogP contribution in [-0.2, 0) is 0 Å². The summed E-state index contributed by atoms with van der Waals surface area (Å²) >= 11 is 0. The van der Waals surface area contributed by atoms with Crippen LogP contribution in [0, 0.1) is 18.3 Å². The Hall–Kier alpha value is -4.12. The van der Waals surface area contributed by atoms with E-state index < -0.39 is 5.91 Å². The summed E-state index contributed by atoms with van der Waals surface area (Å²) in [6.07, 6.45) is 0. The summed E-state index contributed by atoms with van der Waals surface area (Å²) in [7, 11) is 3.07. The average Bonchev–Trinajstić information content (AvgIpc) is 2.73. The zero-order chi connectivity index (χ0) is 20.8. The van der Waals surface area contributed by atoms with Crippen LogP contribution in [0.2, 0.25) is 0 Å². The number of amides is 1. The number of carbonyl (C=O) groups is 1. The fourth-order valence-corrected chi connectivity index (χ4v) is 2.67. The van der Waals surface area contributed by atoms with Gasteiger partial charge in [-0.1, -0.05) is 6.07 Å². The van der Waals surface area contributed by atoms with Gasteiger partial charge in [0.1, 0.15) is 17.3 Å².